The second-order valence-corrected chi connectivity index (χ2v) is 9.82. The number of carbonyl (C=O) groups is 1. The monoisotopic (exact) mass is 521 g/mol. The number of nitrogens with zero attached hydrogens (tertiary/aromatic N) is 2. The summed E-state index contributed by atoms with van der Waals surface area (Å²) in [5, 5.41) is 6.22. The second kappa shape index (κ2) is 10.4. The molecule has 1 amide bonds. The van der Waals surface area contributed by atoms with Crippen LogP contribution in [0.1, 0.15) is 32.7 Å². The number of hydrogen-bond acceptors (Lipinski definition) is 6. The third kappa shape index (κ3) is 6.00. The van der Waals surface area contributed by atoms with Crippen LogP contribution in [0.15, 0.2) is 69.4 Å². The van der Waals surface area contributed by atoms with E-state index in [4.69, 9.17) is 0 Å². The van der Waals surface area contributed by atoms with Crippen molar-refractivity contribution in [2.75, 3.05) is 13.4 Å². The lowest BCUT2D eigenvalue weighted by molar-refractivity contribution is -0.137. The number of alkyl halides is 3. The SMILES string of the molecule is CO/N=C\c1cc(C(=O)NCc2ccc(S(C)(=O)=O)cc2)c(=O)n(-c2cccc(C(F)(F)F)c2)c1C. The Morgan fingerprint density at radius 2 is 1.81 bits per heavy atom. The zero-order valence-corrected chi connectivity index (χ0v) is 20.3. The number of halogens is 3. The molecule has 0 radical (unpaired) electrons. The molecule has 0 saturated heterocycles. The fourth-order valence-electron chi connectivity index (χ4n) is 3.39. The predicted molar refractivity (Wildman–Crippen MR) is 127 cm³/mol. The van der Waals surface area contributed by atoms with E-state index in [1.165, 1.54) is 62.7 Å². The molecule has 0 bridgehead atoms. The number of benzene rings is 2. The standard InChI is InChI=1S/C24H22F3N3O5S/c1-15-17(14-29-35-2)11-21(22(31)28-13-16-7-9-20(10-8-16)36(3,33)34)23(32)30(15)19-6-4-5-18(12-19)24(25,26)27/h4-12,14H,13H2,1-3H3,(H,28,31)/b29-14-. The van der Waals surface area contributed by atoms with Gasteiger partial charge in [0.25, 0.3) is 11.5 Å². The Morgan fingerprint density at radius 1 is 1.14 bits per heavy atom. The highest BCUT2D eigenvalue weighted by molar-refractivity contribution is 7.90. The van der Waals surface area contributed by atoms with Gasteiger partial charge in [-0.05, 0) is 48.9 Å². The van der Waals surface area contributed by atoms with E-state index in [1.807, 2.05) is 0 Å². The molecule has 1 N–H and O–H groups in total. The fraction of sp³-hybridized carbons (Fsp3) is 0.208. The van der Waals surface area contributed by atoms with Gasteiger partial charge in [-0.25, -0.2) is 8.42 Å². The molecule has 0 unspecified atom stereocenters. The maximum absolute atomic E-state index is 13.3. The number of oxime groups is 1. The minimum Gasteiger partial charge on any atom is -0.399 e. The molecule has 36 heavy (non-hydrogen) atoms. The van der Waals surface area contributed by atoms with Crippen LogP contribution in [0.3, 0.4) is 0 Å². The Morgan fingerprint density at radius 3 is 2.39 bits per heavy atom. The van der Waals surface area contributed by atoms with Crippen LogP contribution in [-0.4, -0.2) is 38.5 Å². The van der Waals surface area contributed by atoms with E-state index in [9.17, 15) is 31.2 Å². The van der Waals surface area contributed by atoms with Crippen LogP contribution >= 0.6 is 0 Å². The largest absolute Gasteiger partial charge is 0.416 e. The van der Waals surface area contributed by atoms with Crippen molar-refractivity contribution in [2.24, 2.45) is 5.16 Å². The van der Waals surface area contributed by atoms with Gasteiger partial charge in [-0.15, -0.1) is 0 Å². The predicted octanol–water partition coefficient (Wildman–Crippen LogP) is 3.48. The van der Waals surface area contributed by atoms with Gasteiger partial charge in [0.1, 0.15) is 12.7 Å². The van der Waals surface area contributed by atoms with Crippen molar-refractivity contribution in [1.82, 2.24) is 9.88 Å². The molecule has 2 aromatic carbocycles. The highest BCUT2D eigenvalue weighted by atomic mass is 32.2. The van der Waals surface area contributed by atoms with Crippen molar-refractivity contribution >= 4 is 22.0 Å². The quantitative estimate of drug-likeness (QED) is 0.379. The Balaban J connectivity index is 2.02. The molecule has 0 aliphatic carbocycles. The Bertz CT molecular complexity index is 1480. The minimum absolute atomic E-state index is 0.0265. The van der Waals surface area contributed by atoms with Crippen molar-refractivity contribution in [1.29, 1.82) is 0 Å². The first-order chi connectivity index (χ1) is 16.8. The first-order valence-corrected chi connectivity index (χ1v) is 12.3. The molecule has 0 fully saturated rings. The summed E-state index contributed by atoms with van der Waals surface area (Å²) in [5.74, 6) is -0.778. The average molecular weight is 522 g/mol. The van der Waals surface area contributed by atoms with Crippen LogP contribution in [0.4, 0.5) is 13.2 Å². The summed E-state index contributed by atoms with van der Waals surface area (Å²) in [6.45, 7) is 1.48. The van der Waals surface area contributed by atoms with E-state index in [0.717, 1.165) is 23.0 Å². The molecular formula is C24H22F3N3O5S. The van der Waals surface area contributed by atoms with Crippen LogP contribution in [0.5, 0.6) is 0 Å². The molecule has 3 aromatic rings. The van der Waals surface area contributed by atoms with Crippen molar-refractivity contribution in [3.8, 4) is 5.69 Å². The van der Waals surface area contributed by atoms with E-state index in [1.54, 1.807) is 0 Å². The summed E-state index contributed by atoms with van der Waals surface area (Å²) < 4.78 is 64.0. The fourth-order valence-corrected chi connectivity index (χ4v) is 4.02. The second-order valence-electron chi connectivity index (χ2n) is 7.80. The summed E-state index contributed by atoms with van der Waals surface area (Å²) in [6, 6.07) is 11.3. The summed E-state index contributed by atoms with van der Waals surface area (Å²) >= 11 is 0. The van der Waals surface area contributed by atoms with Crippen LogP contribution < -0.4 is 10.9 Å². The van der Waals surface area contributed by atoms with Gasteiger partial charge in [0.05, 0.1) is 16.7 Å². The molecule has 0 saturated carbocycles. The van der Waals surface area contributed by atoms with Crippen LogP contribution in [0.25, 0.3) is 5.69 Å². The number of nitrogens with one attached hydrogen (secondary N) is 1. The number of carbonyl (C=O) groups excluding carboxylic acids is 1. The van der Waals surface area contributed by atoms with Gasteiger partial charge in [-0.2, -0.15) is 13.2 Å². The normalized spacial score (nSPS) is 12.1. The van der Waals surface area contributed by atoms with Gasteiger partial charge in [0.2, 0.25) is 0 Å². The zero-order valence-electron chi connectivity index (χ0n) is 19.5. The molecule has 3 rings (SSSR count). The van der Waals surface area contributed by atoms with Crippen molar-refractivity contribution in [3.63, 3.8) is 0 Å². The summed E-state index contributed by atoms with van der Waals surface area (Å²) in [7, 11) is -2.09. The van der Waals surface area contributed by atoms with Crippen LogP contribution in [0, 0.1) is 6.92 Å². The first kappa shape index (κ1) is 26.7. The third-order valence-corrected chi connectivity index (χ3v) is 6.39. The van der Waals surface area contributed by atoms with E-state index in [2.05, 4.69) is 15.3 Å². The van der Waals surface area contributed by atoms with Crippen LogP contribution in [-0.2, 0) is 27.4 Å². The number of amides is 1. The van der Waals surface area contributed by atoms with E-state index >= 15 is 0 Å². The molecule has 0 spiro atoms. The molecule has 8 nitrogen and oxygen atoms in total. The van der Waals surface area contributed by atoms with Gasteiger partial charge in [-0.3, -0.25) is 14.2 Å². The van der Waals surface area contributed by atoms with Crippen molar-refractivity contribution in [2.45, 2.75) is 24.5 Å². The Hall–Kier alpha value is -3.93. The third-order valence-electron chi connectivity index (χ3n) is 5.26. The first-order valence-electron chi connectivity index (χ1n) is 10.4. The number of hydrogen-bond donors (Lipinski definition) is 1. The van der Waals surface area contributed by atoms with Gasteiger partial charge < -0.3 is 10.2 Å². The smallest absolute Gasteiger partial charge is 0.399 e. The van der Waals surface area contributed by atoms with Gasteiger partial charge in [-0.1, -0.05) is 23.4 Å². The number of sulfone groups is 1. The summed E-state index contributed by atoms with van der Waals surface area (Å²) in [5.41, 5.74) is -1.10. The zero-order chi connectivity index (χ0) is 26.7. The highest BCUT2D eigenvalue weighted by Crippen LogP contribution is 2.30. The number of aromatic nitrogens is 1. The Kier molecular flexibility index (Phi) is 7.68. The van der Waals surface area contributed by atoms with Gasteiger partial charge in [0, 0.05) is 29.7 Å². The van der Waals surface area contributed by atoms with Gasteiger partial charge in [0.15, 0.2) is 9.84 Å². The Labute approximate surface area is 204 Å². The van der Waals surface area contributed by atoms with Crippen LogP contribution in [0.2, 0.25) is 0 Å². The molecule has 0 aliphatic heterocycles. The minimum atomic E-state index is -4.63. The van der Waals surface area contributed by atoms with E-state index in [-0.39, 0.29) is 33.9 Å². The lowest BCUT2D eigenvalue weighted by atomic mass is 10.1. The number of rotatable bonds is 7. The molecular weight excluding hydrogens is 499 g/mol. The molecule has 1 aromatic heterocycles. The van der Waals surface area contributed by atoms with Crippen molar-refractivity contribution < 1.29 is 31.2 Å². The van der Waals surface area contributed by atoms with Gasteiger partial charge >= 0.3 is 6.18 Å². The maximum atomic E-state index is 13.3. The highest BCUT2D eigenvalue weighted by Gasteiger charge is 2.31. The average Bonchev–Trinajstić information content (AvgIpc) is 2.81. The van der Waals surface area contributed by atoms with E-state index < -0.39 is 33.0 Å². The summed E-state index contributed by atoms with van der Waals surface area (Å²) in [6.07, 6.45) is -2.32. The molecule has 190 valence electrons. The lowest BCUT2D eigenvalue weighted by Gasteiger charge is -2.16. The van der Waals surface area contributed by atoms with E-state index in [0.29, 0.717) is 5.56 Å². The summed E-state index contributed by atoms with van der Waals surface area (Å²) in [4.78, 5) is 31.0. The topological polar surface area (TPSA) is 107 Å². The molecule has 0 atom stereocenters. The number of pyridine rings is 1. The van der Waals surface area contributed by atoms with Crippen molar-refractivity contribution in [3.05, 3.63) is 92.9 Å². The lowest BCUT2D eigenvalue weighted by Crippen LogP contribution is -2.34. The molecule has 1 heterocycles. The maximum Gasteiger partial charge on any atom is 0.416 e. The molecule has 0 aliphatic rings. The molecule has 12 heteroatoms.